The summed E-state index contributed by atoms with van der Waals surface area (Å²) in [4.78, 5) is 27.6. The number of urea groups is 1. The topological polar surface area (TPSA) is 61.9 Å². The van der Waals surface area contributed by atoms with Crippen LogP contribution >= 0.6 is 0 Å². The van der Waals surface area contributed by atoms with E-state index in [0.29, 0.717) is 45.7 Å². The maximum absolute atomic E-state index is 13.3. The van der Waals surface area contributed by atoms with Crippen LogP contribution in [0.4, 0.5) is 18.0 Å². The molecule has 1 aromatic carbocycles. The second kappa shape index (κ2) is 8.16. The molecule has 1 aromatic rings. The Morgan fingerprint density at radius 1 is 1.15 bits per heavy atom. The Hall–Kier alpha value is -2.29. The van der Waals surface area contributed by atoms with Crippen molar-refractivity contribution in [1.29, 1.82) is 0 Å². The molecule has 1 unspecified atom stereocenters. The molecule has 0 spiro atoms. The second-order valence-corrected chi connectivity index (χ2v) is 6.59. The van der Waals surface area contributed by atoms with E-state index in [-0.39, 0.29) is 18.0 Å². The molecule has 9 heteroatoms. The van der Waals surface area contributed by atoms with E-state index in [0.717, 1.165) is 6.07 Å². The van der Waals surface area contributed by atoms with Crippen molar-refractivity contribution in [3.05, 3.63) is 35.4 Å². The van der Waals surface area contributed by atoms with Gasteiger partial charge in [0.25, 0.3) is 0 Å². The van der Waals surface area contributed by atoms with E-state index in [1.807, 2.05) is 0 Å². The molecule has 0 bridgehead atoms. The SMILES string of the molecule is O=C(CNC(=O)N1CCCC1c1ccccc1C(F)(F)F)N1CCOCC1. The molecule has 0 aliphatic carbocycles. The number of carbonyl (C=O) groups is 2. The van der Waals surface area contributed by atoms with Crippen LogP contribution in [0.25, 0.3) is 0 Å². The van der Waals surface area contributed by atoms with Crippen molar-refractivity contribution in [2.75, 3.05) is 39.4 Å². The van der Waals surface area contributed by atoms with Gasteiger partial charge in [-0.1, -0.05) is 18.2 Å². The van der Waals surface area contributed by atoms with Gasteiger partial charge in [0.05, 0.1) is 31.4 Å². The number of rotatable bonds is 3. The van der Waals surface area contributed by atoms with Crippen molar-refractivity contribution in [3.63, 3.8) is 0 Å². The van der Waals surface area contributed by atoms with Gasteiger partial charge in [-0.05, 0) is 24.5 Å². The summed E-state index contributed by atoms with van der Waals surface area (Å²) < 4.78 is 45.1. The molecule has 27 heavy (non-hydrogen) atoms. The number of benzene rings is 1. The fourth-order valence-corrected chi connectivity index (χ4v) is 3.56. The van der Waals surface area contributed by atoms with Crippen molar-refractivity contribution in [1.82, 2.24) is 15.1 Å². The number of hydrogen-bond acceptors (Lipinski definition) is 3. The number of amides is 3. The Morgan fingerprint density at radius 2 is 1.85 bits per heavy atom. The van der Waals surface area contributed by atoms with Crippen LogP contribution in [0.3, 0.4) is 0 Å². The zero-order chi connectivity index (χ0) is 19.4. The van der Waals surface area contributed by atoms with E-state index >= 15 is 0 Å². The number of nitrogens with zero attached hydrogens (tertiary/aromatic N) is 2. The summed E-state index contributed by atoms with van der Waals surface area (Å²) in [5.74, 6) is -0.224. The lowest BCUT2D eigenvalue weighted by molar-refractivity contribution is -0.138. The minimum absolute atomic E-state index is 0.0946. The summed E-state index contributed by atoms with van der Waals surface area (Å²) in [5, 5.41) is 2.55. The number of halogens is 3. The Bertz CT molecular complexity index is 690. The third kappa shape index (κ3) is 4.52. The molecule has 2 fully saturated rings. The third-order valence-corrected chi connectivity index (χ3v) is 4.89. The smallest absolute Gasteiger partial charge is 0.378 e. The highest BCUT2D eigenvalue weighted by molar-refractivity contribution is 5.84. The van der Waals surface area contributed by atoms with Gasteiger partial charge in [0.1, 0.15) is 0 Å². The summed E-state index contributed by atoms with van der Waals surface area (Å²) in [6.07, 6.45) is -3.41. The molecule has 1 N–H and O–H groups in total. The minimum atomic E-state index is -4.48. The minimum Gasteiger partial charge on any atom is -0.378 e. The second-order valence-electron chi connectivity index (χ2n) is 6.59. The fraction of sp³-hybridized carbons (Fsp3) is 0.556. The number of carbonyl (C=O) groups excluding carboxylic acids is 2. The van der Waals surface area contributed by atoms with Crippen LogP contribution in [-0.4, -0.2) is 61.1 Å². The van der Waals surface area contributed by atoms with Gasteiger partial charge in [-0.2, -0.15) is 13.2 Å². The molecule has 2 saturated heterocycles. The highest BCUT2D eigenvalue weighted by atomic mass is 19.4. The van der Waals surface area contributed by atoms with E-state index in [2.05, 4.69) is 5.32 Å². The Morgan fingerprint density at radius 3 is 2.56 bits per heavy atom. The Kier molecular flexibility index (Phi) is 5.88. The molecule has 6 nitrogen and oxygen atoms in total. The quantitative estimate of drug-likeness (QED) is 0.869. The molecule has 3 rings (SSSR count). The van der Waals surface area contributed by atoms with E-state index in [1.54, 1.807) is 11.0 Å². The highest BCUT2D eigenvalue weighted by Crippen LogP contribution is 2.40. The predicted octanol–water partition coefficient (Wildman–Crippen LogP) is 2.41. The number of alkyl halides is 3. The largest absolute Gasteiger partial charge is 0.416 e. The van der Waals surface area contributed by atoms with E-state index in [1.165, 1.54) is 17.0 Å². The first kappa shape index (κ1) is 19.5. The van der Waals surface area contributed by atoms with Crippen LogP contribution in [0, 0.1) is 0 Å². The van der Waals surface area contributed by atoms with Crippen LogP contribution in [0.1, 0.15) is 30.0 Å². The van der Waals surface area contributed by atoms with Gasteiger partial charge in [0.2, 0.25) is 5.91 Å². The van der Waals surface area contributed by atoms with Gasteiger partial charge in [0.15, 0.2) is 0 Å². The molecule has 2 aliphatic rings. The van der Waals surface area contributed by atoms with Crippen molar-refractivity contribution in [2.45, 2.75) is 25.1 Å². The van der Waals surface area contributed by atoms with Crippen LogP contribution < -0.4 is 5.32 Å². The molecule has 0 aromatic heterocycles. The lowest BCUT2D eigenvalue weighted by Crippen LogP contribution is -2.48. The molecule has 1 atom stereocenters. The van der Waals surface area contributed by atoms with Crippen molar-refractivity contribution >= 4 is 11.9 Å². The first-order chi connectivity index (χ1) is 12.9. The molecule has 148 valence electrons. The predicted molar refractivity (Wildman–Crippen MR) is 90.9 cm³/mol. The lowest BCUT2D eigenvalue weighted by Gasteiger charge is -2.29. The molecule has 2 heterocycles. The monoisotopic (exact) mass is 385 g/mol. The number of hydrogen-bond donors (Lipinski definition) is 1. The summed E-state index contributed by atoms with van der Waals surface area (Å²) >= 11 is 0. The summed E-state index contributed by atoms with van der Waals surface area (Å²) in [7, 11) is 0. The lowest BCUT2D eigenvalue weighted by atomic mass is 9.98. The van der Waals surface area contributed by atoms with Gasteiger partial charge in [-0.3, -0.25) is 4.79 Å². The zero-order valence-corrected chi connectivity index (χ0v) is 14.8. The first-order valence-electron chi connectivity index (χ1n) is 8.94. The zero-order valence-electron chi connectivity index (χ0n) is 14.8. The van der Waals surface area contributed by atoms with E-state index in [9.17, 15) is 22.8 Å². The van der Waals surface area contributed by atoms with E-state index in [4.69, 9.17) is 4.74 Å². The normalized spacial score (nSPS) is 20.6. The number of ether oxygens (including phenoxy) is 1. The Balaban J connectivity index is 1.66. The third-order valence-electron chi connectivity index (χ3n) is 4.89. The summed E-state index contributed by atoms with van der Waals surface area (Å²) in [6, 6.07) is 4.16. The summed E-state index contributed by atoms with van der Waals surface area (Å²) in [6.45, 7) is 2.04. The molecular formula is C18H22F3N3O3. The van der Waals surface area contributed by atoms with Gasteiger partial charge in [0, 0.05) is 19.6 Å². The number of likely N-dealkylation sites (tertiary alicyclic amines) is 1. The maximum atomic E-state index is 13.3. The number of nitrogens with one attached hydrogen (secondary N) is 1. The molecule has 2 aliphatic heterocycles. The molecule has 0 radical (unpaired) electrons. The average Bonchev–Trinajstić information content (AvgIpc) is 3.15. The molecule has 0 saturated carbocycles. The van der Waals surface area contributed by atoms with Gasteiger partial charge < -0.3 is 19.9 Å². The van der Waals surface area contributed by atoms with Crippen LogP contribution in [0.15, 0.2) is 24.3 Å². The number of morpholine rings is 1. The van der Waals surface area contributed by atoms with Crippen LogP contribution in [0.5, 0.6) is 0 Å². The van der Waals surface area contributed by atoms with Crippen molar-refractivity contribution in [2.24, 2.45) is 0 Å². The van der Waals surface area contributed by atoms with Gasteiger partial charge >= 0.3 is 12.2 Å². The van der Waals surface area contributed by atoms with E-state index < -0.39 is 23.8 Å². The first-order valence-corrected chi connectivity index (χ1v) is 8.94. The van der Waals surface area contributed by atoms with Crippen molar-refractivity contribution < 1.29 is 27.5 Å². The van der Waals surface area contributed by atoms with Gasteiger partial charge in [-0.15, -0.1) is 0 Å². The van der Waals surface area contributed by atoms with Crippen LogP contribution in [0.2, 0.25) is 0 Å². The standard InChI is InChI=1S/C18H22F3N3O3/c19-18(20,21)14-5-2-1-4-13(14)15-6-3-7-24(15)17(26)22-12-16(25)23-8-10-27-11-9-23/h1-2,4-5,15H,3,6-12H2,(H,22,26). The van der Waals surface area contributed by atoms with Crippen molar-refractivity contribution in [3.8, 4) is 0 Å². The summed E-state index contributed by atoms with van der Waals surface area (Å²) in [5.41, 5.74) is -0.628. The Labute approximate surface area is 155 Å². The average molecular weight is 385 g/mol. The molecular weight excluding hydrogens is 363 g/mol. The van der Waals surface area contributed by atoms with Crippen LogP contribution in [-0.2, 0) is 15.7 Å². The molecule has 3 amide bonds. The fourth-order valence-electron chi connectivity index (χ4n) is 3.56. The maximum Gasteiger partial charge on any atom is 0.416 e. The van der Waals surface area contributed by atoms with Gasteiger partial charge in [-0.25, -0.2) is 4.79 Å². The highest BCUT2D eigenvalue weighted by Gasteiger charge is 2.39.